The Bertz CT molecular complexity index is 906. The number of thiophene rings is 1. The summed E-state index contributed by atoms with van der Waals surface area (Å²) in [6.07, 6.45) is 2.95. The number of thiazole rings is 1. The normalized spacial score (nSPS) is 10.4. The second-order valence-corrected chi connectivity index (χ2v) is 6.44. The summed E-state index contributed by atoms with van der Waals surface area (Å²) in [7, 11) is 0. The first-order valence-corrected chi connectivity index (χ1v) is 7.94. The number of aryl methyl sites for hydroxylation is 1. The Labute approximate surface area is 134 Å². The Hall–Kier alpha value is -2.56. The summed E-state index contributed by atoms with van der Waals surface area (Å²) in [5.41, 5.74) is 2.89. The van der Waals surface area contributed by atoms with E-state index in [1.807, 2.05) is 18.4 Å². The van der Waals surface area contributed by atoms with Crippen molar-refractivity contribution in [3.8, 4) is 27.2 Å². The molecule has 0 aliphatic heterocycles. The van der Waals surface area contributed by atoms with E-state index in [-0.39, 0.29) is 4.88 Å². The van der Waals surface area contributed by atoms with Gasteiger partial charge in [-0.1, -0.05) is 0 Å². The Morgan fingerprint density at radius 2 is 2.18 bits per heavy atom. The van der Waals surface area contributed by atoms with Crippen LogP contribution in [0.4, 0.5) is 0 Å². The fourth-order valence-corrected chi connectivity index (χ4v) is 3.66. The van der Waals surface area contributed by atoms with Crippen LogP contribution in [-0.2, 0) is 0 Å². The van der Waals surface area contributed by atoms with Crippen molar-refractivity contribution in [2.75, 3.05) is 0 Å². The molecule has 0 aliphatic carbocycles. The van der Waals surface area contributed by atoms with Gasteiger partial charge in [0, 0.05) is 16.6 Å². The molecular formula is C15H9N3O2S2. The Kier molecular flexibility index (Phi) is 3.71. The van der Waals surface area contributed by atoms with Crippen molar-refractivity contribution in [2.45, 2.75) is 6.92 Å². The van der Waals surface area contributed by atoms with Crippen molar-refractivity contribution < 1.29 is 9.90 Å². The van der Waals surface area contributed by atoms with Gasteiger partial charge in [0.05, 0.1) is 17.8 Å². The van der Waals surface area contributed by atoms with Crippen LogP contribution in [-0.4, -0.2) is 21.0 Å². The zero-order chi connectivity index (χ0) is 15.7. The van der Waals surface area contributed by atoms with E-state index in [0.29, 0.717) is 16.3 Å². The average molecular weight is 327 g/mol. The number of nitrogens with zero attached hydrogens (tertiary/aromatic N) is 3. The third kappa shape index (κ3) is 2.50. The first kappa shape index (κ1) is 14.4. The number of hydrogen-bond donors (Lipinski definition) is 1. The standard InChI is InChI=1S/C15H9N3O2S2/c1-8-2-3-21-13(8)10-6-17-11(4-9(10)5-16)14-18-7-12(22-14)15(19)20/h2-4,6-7H,1H3,(H,19,20). The van der Waals surface area contributed by atoms with Gasteiger partial charge in [0.25, 0.3) is 0 Å². The van der Waals surface area contributed by atoms with Crippen LogP contribution >= 0.6 is 22.7 Å². The number of carboxylic acids is 1. The van der Waals surface area contributed by atoms with Crippen LogP contribution in [0.2, 0.25) is 0 Å². The van der Waals surface area contributed by atoms with E-state index in [9.17, 15) is 10.1 Å². The lowest BCUT2D eigenvalue weighted by molar-refractivity contribution is 0.0702. The van der Waals surface area contributed by atoms with Gasteiger partial charge >= 0.3 is 5.97 Å². The molecule has 0 bridgehead atoms. The monoisotopic (exact) mass is 327 g/mol. The molecule has 0 saturated heterocycles. The summed E-state index contributed by atoms with van der Waals surface area (Å²) in [6.45, 7) is 1.99. The van der Waals surface area contributed by atoms with Crippen LogP contribution in [0.15, 0.2) is 29.9 Å². The number of carboxylic acid groups (broad SMARTS) is 1. The molecule has 0 radical (unpaired) electrons. The molecule has 0 saturated carbocycles. The Balaban J connectivity index is 2.07. The summed E-state index contributed by atoms with van der Waals surface area (Å²) in [5.74, 6) is -1.02. The molecule has 7 heteroatoms. The maximum atomic E-state index is 10.9. The van der Waals surface area contributed by atoms with Gasteiger partial charge in [-0.15, -0.1) is 22.7 Å². The summed E-state index contributed by atoms with van der Waals surface area (Å²) in [6, 6.07) is 5.82. The predicted octanol–water partition coefficient (Wildman–Crippen LogP) is 3.81. The van der Waals surface area contributed by atoms with Crippen LogP contribution in [0.25, 0.3) is 21.1 Å². The number of hydrogen-bond acceptors (Lipinski definition) is 6. The number of nitriles is 1. The van der Waals surface area contributed by atoms with Gasteiger partial charge in [0.15, 0.2) is 0 Å². The molecule has 0 aromatic carbocycles. The second kappa shape index (κ2) is 5.67. The number of rotatable bonds is 3. The lowest BCUT2D eigenvalue weighted by atomic mass is 10.1. The molecule has 0 amide bonds. The maximum Gasteiger partial charge on any atom is 0.347 e. The van der Waals surface area contributed by atoms with Gasteiger partial charge < -0.3 is 5.11 Å². The first-order valence-electron chi connectivity index (χ1n) is 6.24. The van der Waals surface area contributed by atoms with E-state index in [0.717, 1.165) is 27.3 Å². The summed E-state index contributed by atoms with van der Waals surface area (Å²) >= 11 is 2.60. The zero-order valence-corrected chi connectivity index (χ0v) is 13.0. The van der Waals surface area contributed by atoms with Gasteiger partial charge in [0.2, 0.25) is 0 Å². The molecule has 3 rings (SSSR count). The first-order chi connectivity index (χ1) is 10.6. The number of aromatic carboxylic acids is 1. The van der Waals surface area contributed by atoms with Crippen LogP contribution in [0.1, 0.15) is 20.8 Å². The molecule has 0 unspecified atom stereocenters. The Morgan fingerprint density at radius 1 is 1.36 bits per heavy atom. The van der Waals surface area contributed by atoms with E-state index in [2.05, 4.69) is 16.0 Å². The zero-order valence-electron chi connectivity index (χ0n) is 11.4. The number of pyridine rings is 1. The van der Waals surface area contributed by atoms with Crippen molar-refractivity contribution in [2.24, 2.45) is 0 Å². The van der Waals surface area contributed by atoms with E-state index in [4.69, 9.17) is 5.11 Å². The second-order valence-electron chi connectivity index (χ2n) is 4.49. The van der Waals surface area contributed by atoms with Gasteiger partial charge in [-0.25, -0.2) is 9.78 Å². The molecule has 5 nitrogen and oxygen atoms in total. The molecular weight excluding hydrogens is 318 g/mol. The predicted molar refractivity (Wildman–Crippen MR) is 85.1 cm³/mol. The fraction of sp³-hybridized carbons (Fsp3) is 0.0667. The third-order valence-corrected chi connectivity index (χ3v) is 5.12. The van der Waals surface area contributed by atoms with E-state index >= 15 is 0 Å². The van der Waals surface area contributed by atoms with Crippen LogP contribution < -0.4 is 0 Å². The summed E-state index contributed by atoms with van der Waals surface area (Å²) < 4.78 is 0. The molecule has 3 heterocycles. The maximum absolute atomic E-state index is 10.9. The quantitative estimate of drug-likeness (QED) is 0.790. The molecule has 0 spiro atoms. The van der Waals surface area contributed by atoms with Crippen LogP contribution in [0, 0.1) is 18.3 Å². The molecule has 0 aliphatic rings. The van der Waals surface area contributed by atoms with Crippen molar-refractivity contribution in [3.05, 3.63) is 45.9 Å². The van der Waals surface area contributed by atoms with Crippen molar-refractivity contribution in [3.63, 3.8) is 0 Å². The smallest absolute Gasteiger partial charge is 0.347 e. The molecule has 22 heavy (non-hydrogen) atoms. The minimum Gasteiger partial charge on any atom is -0.477 e. The Morgan fingerprint density at radius 3 is 2.77 bits per heavy atom. The van der Waals surface area contributed by atoms with Crippen molar-refractivity contribution in [1.29, 1.82) is 5.26 Å². The summed E-state index contributed by atoms with van der Waals surface area (Å²) in [5, 5.41) is 20.8. The molecule has 3 aromatic rings. The number of aromatic nitrogens is 2. The average Bonchev–Trinajstić information content (AvgIpc) is 3.15. The molecule has 0 atom stereocenters. The van der Waals surface area contributed by atoms with Gasteiger partial charge in [-0.2, -0.15) is 5.26 Å². The highest BCUT2D eigenvalue weighted by Crippen LogP contribution is 2.33. The van der Waals surface area contributed by atoms with Gasteiger partial charge in [0.1, 0.15) is 15.6 Å². The van der Waals surface area contributed by atoms with E-state index < -0.39 is 5.97 Å². The van der Waals surface area contributed by atoms with Crippen molar-refractivity contribution >= 4 is 28.6 Å². The van der Waals surface area contributed by atoms with Crippen LogP contribution in [0.3, 0.4) is 0 Å². The molecule has 3 aromatic heterocycles. The fourth-order valence-electron chi connectivity index (χ4n) is 1.99. The lowest BCUT2D eigenvalue weighted by Gasteiger charge is -2.04. The van der Waals surface area contributed by atoms with E-state index in [1.54, 1.807) is 23.6 Å². The largest absolute Gasteiger partial charge is 0.477 e. The van der Waals surface area contributed by atoms with Crippen molar-refractivity contribution in [1.82, 2.24) is 9.97 Å². The van der Waals surface area contributed by atoms with Gasteiger partial charge in [-0.3, -0.25) is 4.98 Å². The van der Waals surface area contributed by atoms with Gasteiger partial charge in [-0.05, 0) is 30.0 Å². The molecule has 108 valence electrons. The van der Waals surface area contributed by atoms with E-state index in [1.165, 1.54) is 6.20 Å². The minimum absolute atomic E-state index is 0.147. The van der Waals surface area contributed by atoms with Crippen LogP contribution in [0.5, 0.6) is 0 Å². The summed E-state index contributed by atoms with van der Waals surface area (Å²) in [4.78, 5) is 20.5. The molecule has 0 fully saturated rings. The third-order valence-electron chi connectivity index (χ3n) is 3.07. The SMILES string of the molecule is Cc1ccsc1-c1cnc(-c2ncc(C(=O)O)s2)cc1C#N. The lowest BCUT2D eigenvalue weighted by Crippen LogP contribution is -1.90. The highest BCUT2D eigenvalue weighted by Gasteiger charge is 2.15. The minimum atomic E-state index is -1.02. The highest BCUT2D eigenvalue weighted by molar-refractivity contribution is 7.16. The highest BCUT2D eigenvalue weighted by atomic mass is 32.1. The number of carbonyl (C=O) groups is 1. The topological polar surface area (TPSA) is 86.9 Å². The molecule has 1 N–H and O–H groups in total.